The average Bonchev–Trinajstić information content (AvgIpc) is 2.57. The van der Waals surface area contributed by atoms with Gasteiger partial charge in [0.25, 0.3) is 5.91 Å². The first-order valence-corrected chi connectivity index (χ1v) is 7.06. The van der Waals surface area contributed by atoms with E-state index in [9.17, 15) is 4.79 Å². The first-order valence-electron chi connectivity index (χ1n) is 6.28. The van der Waals surface area contributed by atoms with E-state index in [-0.39, 0.29) is 5.82 Å². The number of amides is 1. The number of nitrogens with one attached hydrogen (secondary N) is 1. The largest absolute Gasteiger partial charge is 0.382 e. The third-order valence-corrected chi connectivity index (χ3v) is 4.27. The van der Waals surface area contributed by atoms with E-state index in [1.807, 2.05) is 0 Å². The van der Waals surface area contributed by atoms with Crippen molar-refractivity contribution >= 4 is 28.3 Å². The molecule has 2 atom stereocenters. The summed E-state index contributed by atoms with van der Waals surface area (Å²) in [5.41, 5.74) is 11.3. The topological polar surface area (TPSA) is 94.0 Å². The number of hydrogen-bond donors (Lipinski definition) is 3. The Morgan fingerprint density at radius 1 is 1.33 bits per heavy atom. The van der Waals surface area contributed by atoms with Crippen molar-refractivity contribution in [2.24, 2.45) is 17.6 Å². The second-order valence-electron chi connectivity index (χ2n) is 5.39. The lowest BCUT2D eigenvalue weighted by Gasteiger charge is -2.32. The molecule has 1 aliphatic carbocycles. The van der Waals surface area contributed by atoms with Crippen molar-refractivity contribution in [2.45, 2.75) is 39.2 Å². The van der Waals surface area contributed by atoms with Gasteiger partial charge in [0.15, 0.2) is 5.82 Å². The molecule has 5 N–H and O–H groups in total. The molecule has 1 aromatic rings. The Bertz CT molecular complexity index is 435. The molecule has 1 aliphatic rings. The molecule has 1 aromatic heterocycles. The van der Waals surface area contributed by atoms with Gasteiger partial charge in [-0.25, -0.2) is 0 Å². The van der Waals surface area contributed by atoms with Gasteiger partial charge in [0.2, 0.25) is 0 Å². The third kappa shape index (κ3) is 2.75. The fraction of sp³-hybridized carbons (Fsp3) is 0.667. The van der Waals surface area contributed by atoms with E-state index in [1.165, 1.54) is 18.0 Å². The Hall–Kier alpha value is -1.30. The smallest absolute Gasteiger partial charge is 0.255 e. The highest BCUT2D eigenvalue weighted by Crippen LogP contribution is 2.33. The van der Waals surface area contributed by atoms with Crippen LogP contribution in [0.5, 0.6) is 0 Å². The molecule has 2 rings (SSSR count). The van der Waals surface area contributed by atoms with E-state index in [0.29, 0.717) is 28.4 Å². The summed E-state index contributed by atoms with van der Waals surface area (Å²) in [6.07, 6.45) is 3.49. The molecule has 1 heterocycles. The predicted molar refractivity (Wildman–Crippen MR) is 74.6 cm³/mol. The van der Waals surface area contributed by atoms with Crippen LogP contribution in [0.1, 0.15) is 43.5 Å². The molecule has 0 spiro atoms. The number of carbonyl (C=O) groups excluding carboxylic acids is 1. The van der Waals surface area contributed by atoms with Gasteiger partial charge in [-0.3, -0.25) is 4.79 Å². The van der Waals surface area contributed by atoms with Gasteiger partial charge in [0.1, 0.15) is 10.6 Å². The lowest BCUT2D eigenvalue weighted by atomic mass is 9.80. The number of anilines is 2. The van der Waals surface area contributed by atoms with Gasteiger partial charge in [0.05, 0.1) is 0 Å². The van der Waals surface area contributed by atoms with Crippen LogP contribution in [0.3, 0.4) is 0 Å². The van der Waals surface area contributed by atoms with Crippen molar-refractivity contribution in [3.05, 3.63) is 5.56 Å². The average molecular weight is 268 g/mol. The van der Waals surface area contributed by atoms with E-state index in [1.54, 1.807) is 0 Å². The summed E-state index contributed by atoms with van der Waals surface area (Å²) >= 11 is 1.21. The van der Waals surface area contributed by atoms with E-state index in [0.717, 1.165) is 12.8 Å². The molecule has 0 aliphatic heterocycles. The minimum Gasteiger partial charge on any atom is -0.382 e. The number of rotatable bonds is 3. The normalized spacial score (nSPS) is 28.0. The van der Waals surface area contributed by atoms with Gasteiger partial charge in [0, 0.05) is 6.04 Å². The van der Waals surface area contributed by atoms with E-state index < -0.39 is 5.91 Å². The van der Waals surface area contributed by atoms with Crippen molar-refractivity contribution in [3.63, 3.8) is 0 Å². The molecule has 0 saturated heterocycles. The van der Waals surface area contributed by atoms with Crippen LogP contribution in [-0.4, -0.2) is 16.3 Å². The first-order chi connectivity index (χ1) is 8.47. The van der Waals surface area contributed by atoms with Crippen molar-refractivity contribution in [1.82, 2.24) is 4.37 Å². The quantitative estimate of drug-likeness (QED) is 0.782. The molecule has 2 unspecified atom stereocenters. The van der Waals surface area contributed by atoms with Crippen molar-refractivity contribution in [1.29, 1.82) is 0 Å². The lowest BCUT2D eigenvalue weighted by Crippen LogP contribution is -2.30. The van der Waals surface area contributed by atoms with Gasteiger partial charge in [-0.2, -0.15) is 4.37 Å². The fourth-order valence-electron chi connectivity index (χ4n) is 2.89. The number of primary amides is 1. The highest BCUT2D eigenvalue weighted by atomic mass is 32.1. The Balaban J connectivity index is 2.12. The number of aromatic nitrogens is 1. The van der Waals surface area contributed by atoms with E-state index >= 15 is 0 Å². The Morgan fingerprint density at radius 2 is 1.94 bits per heavy atom. The zero-order chi connectivity index (χ0) is 13.3. The zero-order valence-electron chi connectivity index (χ0n) is 10.8. The van der Waals surface area contributed by atoms with Gasteiger partial charge in [-0.15, -0.1) is 0 Å². The molecule has 0 bridgehead atoms. The molecule has 0 radical (unpaired) electrons. The van der Waals surface area contributed by atoms with Crippen LogP contribution < -0.4 is 16.8 Å². The predicted octanol–water partition coefficient (Wildman–Crippen LogP) is 2.06. The van der Waals surface area contributed by atoms with Crippen molar-refractivity contribution < 1.29 is 4.79 Å². The molecule has 6 heteroatoms. The summed E-state index contributed by atoms with van der Waals surface area (Å²) in [5.74, 6) is 1.12. The number of carbonyl (C=O) groups is 1. The van der Waals surface area contributed by atoms with Gasteiger partial charge in [-0.1, -0.05) is 13.8 Å². The van der Waals surface area contributed by atoms with Gasteiger partial charge < -0.3 is 16.8 Å². The minimum absolute atomic E-state index is 0.229. The summed E-state index contributed by atoms with van der Waals surface area (Å²) < 4.78 is 4.00. The van der Waals surface area contributed by atoms with Gasteiger partial charge >= 0.3 is 0 Å². The lowest BCUT2D eigenvalue weighted by molar-refractivity contribution is 0.100. The van der Waals surface area contributed by atoms with E-state index in [2.05, 4.69) is 23.5 Å². The van der Waals surface area contributed by atoms with Crippen LogP contribution in [0.4, 0.5) is 10.8 Å². The number of hydrogen-bond acceptors (Lipinski definition) is 5. The summed E-state index contributed by atoms with van der Waals surface area (Å²) in [5, 5.41) is 4.10. The number of nitrogens with two attached hydrogens (primary N) is 2. The molecule has 1 amide bonds. The first kappa shape index (κ1) is 13.1. The Kier molecular flexibility index (Phi) is 3.75. The van der Waals surface area contributed by atoms with Crippen LogP contribution in [0.2, 0.25) is 0 Å². The van der Waals surface area contributed by atoms with Crippen LogP contribution >= 0.6 is 11.5 Å². The standard InChI is InChI=1S/C12H20N4OS/c1-6-3-7(2)5-8(4-6)15-12-9(11(14)17)10(13)16-18-12/h6-8,15H,3-5H2,1-2H3,(H2,13,16)(H2,14,17). The molecule has 1 saturated carbocycles. The van der Waals surface area contributed by atoms with Crippen LogP contribution in [0.25, 0.3) is 0 Å². The molecule has 18 heavy (non-hydrogen) atoms. The number of nitrogens with zero attached hydrogens (tertiary/aromatic N) is 1. The summed E-state index contributed by atoms with van der Waals surface area (Å²) in [6, 6.07) is 0.377. The molecular weight excluding hydrogens is 248 g/mol. The Labute approximate surface area is 111 Å². The second-order valence-corrected chi connectivity index (χ2v) is 6.17. The maximum absolute atomic E-state index is 11.3. The fourth-order valence-corrected chi connectivity index (χ4v) is 3.69. The highest BCUT2D eigenvalue weighted by Gasteiger charge is 2.26. The maximum Gasteiger partial charge on any atom is 0.255 e. The monoisotopic (exact) mass is 268 g/mol. The molecule has 100 valence electrons. The number of nitrogen functional groups attached to an aromatic ring is 1. The van der Waals surface area contributed by atoms with Crippen LogP contribution in [-0.2, 0) is 0 Å². The molecular formula is C12H20N4OS. The Morgan fingerprint density at radius 3 is 2.50 bits per heavy atom. The zero-order valence-corrected chi connectivity index (χ0v) is 11.6. The summed E-state index contributed by atoms with van der Waals surface area (Å²) in [7, 11) is 0. The molecule has 5 nitrogen and oxygen atoms in total. The van der Waals surface area contributed by atoms with Gasteiger partial charge in [-0.05, 0) is 42.6 Å². The maximum atomic E-state index is 11.3. The summed E-state index contributed by atoms with van der Waals surface area (Å²) in [6.45, 7) is 4.53. The SMILES string of the molecule is CC1CC(C)CC(Nc2snc(N)c2C(N)=O)C1. The van der Waals surface area contributed by atoms with Crippen molar-refractivity contribution in [2.75, 3.05) is 11.1 Å². The second kappa shape index (κ2) is 5.14. The van der Waals surface area contributed by atoms with Crippen LogP contribution in [0, 0.1) is 11.8 Å². The van der Waals surface area contributed by atoms with Crippen molar-refractivity contribution in [3.8, 4) is 0 Å². The third-order valence-electron chi connectivity index (χ3n) is 3.48. The molecule has 1 fully saturated rings. The van der Waals surface area contributed by atoms with E-state index in [4.69, 9.17) is 11.5 Å². The summed E-state index contributed by atoms with van der Waals surface area (Å²) in [4.78, 5) is 11.3. The molecule has 0 aromatic carbocycles. The van der Waals surface area contributed by atoms with Crippen LogP contribution in [0.15, 0.2) is 0 Å². The highest BCUT2D eigenvalue weighted by molar-refractivity contribution is 7.11. The minimum atomic E-state index is -0.513.